The summed E-state index contributed by atoms with van der Waals surface area (Å²) < 4.78 is 13.7. The van der Waals surface area contributed by atoms with Crippen LogP contribution in [-0.2, 0) is 0 Å². The largest absolute Gasteiger partial charge is 0.391 e. The zero-order valence-corrected chi connectivity index (χ0v) is 11.4. The van der Waals surface area contributed by atoms with Crippen LogP contribution >= 0.6 is 15.9 Å². The smallest absolute Gasteiger partial charge is 0.137 e. The van der Waals surface area contributed by atoms with Crippen molar-refractivity contribution in [1.82, 2.24) is 0 Å². The van der Waals surface area contributed by atoms with Crippen molar-refractivity contribution >= 4 is 21.6 Å². The van der Waals surface area contributed by atoms with Crippen molar-refractivity contribution in [2.75, 3.05) is 5.32 Å². The Labute approximate surface area is 109 Å². The maximum Gasteiger partial charge on any atom is 0.137 e. The zero-order valence-electron chi connectivity index (χ0n) is 9.84. The highest BCUT2D eigenvalue weighted by Crippen LogP contribution is 2.28. The lowest BCUT2D eigenvalue weighted by atomic mass is 9.92. The summed E-state index contributed by atoms with van der Waals surface area (Å²) in [5, 5.41) is 13.2. The van der Waals surface area contributed by atoms with Crippen molar-refractivity contribution in [3.8, 4) is 0 Å². The molecule has 94 valence electrons. The molecule has 1 fully saturated rings. The lowest BCUT2D eigenvalue weighted by molar-refractivity contribution is 0.116. The maximum atomic E-state index is 13.3. The molecule has 2 nitrogen and oxygen atoms in total. The van der Waals surface area contributed by atoms with Crippen LogP contribution in [0.2, 0.25) is 0 Å². The average molecular weight is 302 g/mol. The second-order valence-electron chi connectivity index (χ2n) is 4.68. The van der Waals surface area contributed by atoms with Crippen LogP contribution in [0.1, 0.15) is 31.2 Å². The van der Waals surface area contributed by atoms with Crippen LogP contribution in [0.4, 0.5) is 10.1 Å². The van der Waals surface area contributed by atoms with Gasteiger partial charge >= 0.3 is 0 Å². The average Bonchev–Trinajstić information content (AvgIpc) is 2.29. The van der Waals surface area contributed by atoms with Gasteiger partial charge in [0.15, 0.2) is 0 Å². The number of hydrogen-bond acceptors (Lipinski definition) is 2. The predicted octanol–water partition coefficient (Wildman–Crippen LogP) is 3.61. The van der Waals surface area contributed by atoms with Gasteiger partial charge in [0.2, 0.25) is 0 Å². The Kier molecular flexibility index (Phi) is 4.05. The zero-order chi connectivity index (χ0) is 12.4. The molecule has 0 spiro atoms. The Morgan fingerprint density at radius 3 is 2.76 bits per heavy atom. The highest BCUT2D eigenvalue weighted by atomic mass is 79.9. The molecule has 0 aromatic heterocycles. The van der Waals surface area contributed by atoms with Gasteiger partial charge in [0.1, 0.15) is 5.82 Å². The first-order valence-corrected chi connectivity index (χ1v) is 6.77. The molecule has 1 aliphatic rings. The number of hydrogen-bond donors (Lipinski definition) is 2. The molecule has 1 aromatic carbocycles. The fourth-order valence-corrected chi connectivity index (χ4v) is 2.62. The van der Waals surface area contributed by atoms with E-state index in [2.05, 4.69) is 21.2 Å². The molecule has 1 aromatic rings. The standard InChI is InChI=1S/C13H17BrFNO/c1-8-6-10(15)9(14)7-12(8)16-11-4-2-3-5-13(11)17/h6-7,11,13,16-17H,2-5H2,1H3/t11-,13-/m1/s1. The fraction of sp³-hybridized carbons (Fsp3) is 0.538. The highest BCUT2D eigenvalue weighted by Gasteiger charge is 2.23. The van der Waals surface area contributed by atoms with Gasteiger partial charge in [-0.1, -0.05) is 12.8 Å². The second-order valence-corrected chi connectivity index (χ2v) is 5.54. The minimum atomic E-state index is -0.299. The Balaban J connectivity index is 2.15. The van der Waals surface area contributed by atoms with E-state index < -0.39 is 0 Å². The van der Waals surface area contributed by atoms with Gasteiger partial charge < -0.3 is 10.4 Å². The van der Waals surface area contributed by atoms with E-state index in [1.165, 1.54) is 6.07 Å². The second kappa shape index (κ2) is 5.36. The molecule has 2 rings (SSSR count). The number of rotatable bonds is 2. The Morgan fingerprint density at radius 1 is 1.35 bits per heavy atom. The monoisotopic (exact) mass is 301 g/mol. The number of anilines is 1. The van der Waals surface area contributed by atoms with Gasteiger partial charge in [0, 0.05) is 5.69 Å². The molecule has 0 unspecified atom stereocenters. The summed E-state index contributed by atoms with van der Waals surface area (Å²) in [6, 6.07) is 3.33. The molecule has 0 radical (unpaired) electrons. The topological polar surface area (TPSA) is 32.3 Å². The lowest BCUT2D eigenvalue weighted by Gasteiger charge is -2.29. The van der Waals surface area contributed by atoms with E-state index in [-0.39, 0.29) is 18.0 Å². The Bertz CT molecular complexity index is 411. The van der Waals surface area contributed by atoms with E-state index >= 15 is 0 Å². The minimum Gasteiger partial charge on any atom is -0.391 e. The molecule has 0 heterocycles. The molecular weight excluding hydrogens is 285 g/mol. The minimum absolute atomic E-state index is 0.0832. The SMILES string of the molecule is Cc1cc(F)c(Br)cc1N[C@@H]1CCCC[C@H]1O. The first-order valence-electron chi connectivity index (χ1n) is 5.98. The molecule has 2 N–H and O–H groups in total. The molecule has 17 heavy (non-hydrogen) atoms. The number of nitrogens with one attached hydrogen (secondary N) is 1. The third kappa shape index (κ3) is 2.99. The number of benzene rings is 1. The van der Waals surface area contributed by atoms with Crippen molar-refractivity contribution in [2.45, 2.75) is 44.8 Å². The molecule has 0 aliphatic heterocycles. The molecule has 0 amide bonds. The van der Waals surface area contributed by atoms with Gasteiger partial charge in [-0.05, 0) is 53.4 Å². The molecule has 1 saturated carbocycles. The molecular formula is C13H17BrFNO. The van der Waals surface area contributed by atoms with Crippen molar-refractivity contribution in [1.29, 1.82) is 0 Å². The van der Waals surface area contributed by atoms with Crippen LogP contribution in [-0.4, -0.2) is 17.3 Å². The summed E-state index contributed by atoms with van der Waals surface area (Å²) in [5.74, 6) is -0.253. The van der Waals surface area contributed by atoms with Gasteiger partial charge in [0.25, 0.3) is 0 Å². The maximum absolute atomic E-state index is 13.3. The van der Waals surface area contributed by atoms with Gasteiger partial charge in [-0.25, -0.2) is 4.39 Å². The molecule has 1 aliphatic carbocycles. The van der Waals surface area contributed by atoms with Crippen molar-refractivity contribution in [2.24, 2.45) is 0 Å². The Morgan fingerprint density at radius 2 is 2.06 bits per heavy atom. The Hall–Kier alpha value is -0.610. The fourth-order valence-electron chi connectivity index (χ4n) is 2.28. The number of aliphatic hydroxyl groups is 1. The first-order chi connectivity index (χ1) is 8.08. The van der Waals surface area contributed by atoms with E-state index in [0.29, 0.717) is 4.47 Å². The number of aliphatic hydroxyl groups excluding tert-OH is 1. The number of aryl methyl sites for hydroxylation is 1. The highest BCUT2D eigenvalue weighted by molar-refractivity contribution is 9.10. The van der Waals surface area contributed by atoms with Gasteiger partial charge in [-0.15, -0.1) is 0 Å². The van der Waals surface area contributed by atoms with Gasteiger partial charge in [-0.2, -0.15) is 0 Å². The summed E-state index contributed by atoms with van der Waals surface area (Å²) in [5.41, 5.74) is 1.76. The summed E-state index contributed by atoms with van der Waals surface area (Å²) in [4.78, 5) is 0. The first kappa shape index (κ1) is 12.8. The normalized spacial score (nSPS) is 24.7. The molecule has 0 saturated heterocycles. The third-order valence-electron chi connectivity index (χ3n) is 3.34. The van der Waals surface area contributed by atoms with Crippen LogP contribution in [0.3, 0.4) is 0 Å². The summed E-state index contributed by atoms with van der Waals surface area (Å²) in [6.07, 6.45) is 3.74. The van der Waals surface area contributed by atoms with E-state index in [4.69, 9.17) is 0 Å². The van der Waals surface area contributed by atoms with E-state index in [0.717, 1.165) is 36.9 Å². The quantitative estimate of drug-likeness (QED) is 0.874. The number of halogens is 2. The van der Waals surface area contributed by atoms with Crippen molar-refractivity contribution in [3.05, 3.63) is 28.0 Å². The van der Waals surface area contributed by atoms with Crippen LogP contribution < -0.4 is 5.32 Å². The predicted molar refractivity (Wildman–Crippen MR) is 70.7 cm³/mol. The van der Waals surface area contributed by atoms with Gasteiger partial charge in [0.05, 0.1) is 16.6 Å². The van der Waals surface area contributed by atoms with Crippen molar-refractivity contribution in [3.63, 3.8) is 0 Å². The summed E-state index contributed by atoms with van der Waals surface area (Å²) in [6.45, 7) is 1.87. The van der Waals surface area contributed by atoms with Crippen LogP contribution in [0.25, 0.3) is 0 Å². The van der Waals surface area contributed by atoms with Crippen molar-refractivity contribution < 1.29 is 9.50 Å². The molecule has 4 heteroatoms. The third-order valence-corrected chi connectivity index (χ3v) is 3.95. The lowest BCUT2D eigenvalue weighted by Crippen LogP contribution is -2.36. The molecule has 0 bridgehead atoms. The van der Waals surface area contributed by atoms with E-state index in [1.54, 1.807) is 6.07 Å². The van der Waals surface area contributed by atoms with Gasteiger partial charge in [-0.3, -0.25) is 0 Å². The summed E-state index contributed by atoms with van der Waals surface area (Å²) in [7, 11) is 0. The molecule has 2 atom stereocenters. The van der Waals surface area contributed by atoms with Crippen LogP contribution in [0.5, 0.6) is 0 Å². The van der Waals surface area contributed by atoms with Crippen LogP contribution in [0.15, 0.2) is 16.6 Å². The van der Waals surface area contributed by atoms with E-state index in [9.17, 15) is 9.50 Å². The van der Waals surface area contributed by atoms with E-state index in [1.807, 2.05) is 6.92 Å². The van der Waals surface area contributed by atoms with Crippen LogP contribution in [0, 0.1) is 12.7 Å². The summed E-state index contributed by atoms with van der Waals surface area (Å²) >= 11 is 3.18.